The summed E-state index contributed by atoms with van der Waals surface area (Å²) in [6.07, 6.45) is 1.13. The van der Waals surface area contributed by atoms with Crippen molar-refractivity contribution in [2.45, 2.75) is 40.2 Å². The lowest BCUT2D eigenvalue weighted by molar-refractivity contribution is 0.738. The van der Waals surface area contributed by atoms with Gasteiger partial charge in [0, 0.05) is 11.4 Å². The molecule has 0 saturated carbocycles. The molecule has 1 aromatic carbocycles. The van der Waals surface area contributed by atoms with Crippen molar-refractivity contribution in [3.05, 3.63) is 28.8 Å². The molecule has 17 heavy (non-hydrogen) atoms. The first-order chi connectivity index (χ1) is 8.10. The van der Waals surface area contributed by atoms with Gasteiger partial charge in [0.25, 0.3) is 0 Å². The third-order valence-electron chi connectivity index (χ3n) is 3.09. The molecule has 92 valence electrons. The molecular formula is C14H20N2S. The Morgan fingerprint density at radius 3 is 2.47 bits per heavy atom. The summed E-state index contributed by atoms with van der Waals surface area (Å²) >= 11 is 1.83. The molecule has 1 aliphatic rings. The van der Waals surface area contributed by atoms with Crippen LogP contribution in [0.5, 0.6) is 0 Å². The van der Waals surface area contributed by atoms with Crippen molar-refractivity contribution in [3.8, 4) is 0 Å². The van der Waals surface area contributed by atoms with Crippen molar-refractivity contribution in [1.29, 1.82) is 0 Å². The maximum absolute atomic E-state index is 4.67. The van der Waals surface area contributed by atoms with E-state index in [1.807, 2.05) is 11.8 Å². The molecule has 0 aliphatic carbocycles. The molecule has 0 bridgehead atoms. The number of nitrogens with zero attached hydrogens (tertiary/aromatic N) is 1. The van der Waals surface area contributed by atoms with Gasteiger partial charge >= 0.3 is 0 Å². The lowest BCUT2D eigenvalue weighted by atomic mass is 10.1. The molecule has 0 saturated heterocycles. The Hall–Kier alpha value is -0.960. The van der Waals surface area contributed by atoms with E-state index in [0.29, 0.717) is 6.04 Å². The minimum Gasteiger partial charge on any atom is -0.335 e. The normalized spacial score (nSPS) is 19.3. The Morgan fingerprint density at radius 1 is 1.29 bits per heavy atom. The smallest absolute Gasteiger partial charge is 0.161 e. The van der Waals surface area contributed by atoms with Crippen LogP contribution in [0.15, 0.2) is 17.1 Å². The van der Waals surface area contributed by atoms with Crippen LogP contribution in [0, 0.1) is 20.8 Å². The molecule has 1 atom stereocenters. The van der Waals surface area contributed by atoms with E-state index in [-0.39, 0.29) is 0 Å². The topological polar surface area (TPSA) is 24.4 Å². The third kappa shape index (κ3) is 2.83. The lowest BCUT2D eigenvalue weighted by Crippen LogP contribution is -2.08. The first-order valence-corrected chi connectivity index (χ1v) is 7.14. The van der Waals surface area contributed by atoms with Crippen molar-refractivity contribution in [3.63, 3.8) is 0 Å². The number of hydrogen-bond donors (Lipinski definition) is 1. The van der Waals surface area contributed by atoms with E-state index >= 15 is 0 Å². The van der Waals surface area contributed by atoms with Gasteiger partial charge in [-0.3, -0.25) is 4.99 Å². The second-order valence-corrected chi connectivity index (χ2v) is 5.71. The summed E-state index contributed by atoms with van der Waals surface area (Å²) in [6, 6.07) is 4.92. The van der Waals surface area contributed by atoms with Crippen molar-refractivity contribution < 1.29 is 0 Å². The summed E-state index contributed by atoms with van der Waals surface area (Å²) in [6.45, 7) is 8.64. The lowest BCUT2D eigenvalue weighted by Gasteiger charge is -2.13. The fraction of sp³-hybridized carbons (Fsp3) is 0.500. The van der Waals surface area contributed by atoms with Gasteiger partial charge < -0.3 is 5.32 Å². The molecule has 3 heteroatoms. The van der Waals surface area contributed by atoms with Gasteiger partial charge in [-0.2, -0.15) is 0 Å². The average Bonchev–Trinajstić information content (AvgIpc) is 2.71. The second kappa shape index (κ2) is 5.13. The van der Waals surface area contributed by atoms with E-state index < -0.39 is 0 Å². The summed E-state index contributed by atoms with van der Waals surface area (Å²) in [4.78, 5) is 4.67. The molecular weight excluding hydrogens is 228 g/mol. The van der Waals surface area contributed by atoms with Gasteiger partial charge in [0.15, 0.2) is 5.17 Å². The van der Waals surface area contributed by atoms with Crippen molar-refractivity contribution in [1.82, 2.24) is 0 Å². The van der Waals surface area contributed by atoms with Crippen LogP contribution < -0.4 is 5.32 Å². The zero-order valence-electron chi connectivity index (χ0n) is 11.0. The van der Waals surface area contributed by atoms with E-state index in [4.69, 9.17) is 0 Å². The van der Waals surface area contributed by atoms with Crippen LogP contribution in [0.25, 0.3) is 0 Å². The van der Waals surface area contributed by atoms with Gasteiger partial charge in [0.05, 0.1) is 6.04 Å². The average molecular weight is 248 g/mol. The first-order valence-electron chi connectivity index (χ1n) is 6.15. The Bertz CT molecular complexity index is 429. The summed E-state index contributed by atoms with van der Waals surface area (Å²) in [5, 5.41) is 4.56. The summed E-state index contributed by atoms with van der Waals surface area (Å²) in [7, 11) is 0. The quantitative estimate of drug-likeness (QED) is 0.858. The van der Waals surface area contributed by atoms with E-state index in [1.165, 1.54) is 22.4 Å². The number of anilines is 1. The molecule has 0 fully saturated rings. The number of aliphatic imine (C=N–C) groups is 1. The standard InChI is InChI=1S/C14H20N2S/c1-5-12-8-17-14(15-12)16-13-10(3)6-9(2)7-11(13)4/h6-7,12H,5,8H2,1-4H3,(H,15,16)/t12-/m1/s1. The molecule has 0 unspecified atom stereocenters. The number of aryl methyl sites for hydroxylation is 3. The number of amidine groups is 1. The maximum atomic E-state index is 4.67. The number of thioether (sulfide) groups is 1. The largest absolute Gasteiger partial charge is 0.335 e. The van der Waals surface area contributed by atoms with Crippen LogP contribution in [-0.4, -0.2) is 17.0 Å². The monoisotopic (exact) mass is 248 g/mol. The Balaban J connectivity index is 2.20. The summed E-state index contributed by atoms with van der Waals surface area (Å²) in [5.74, 6) is 1.11. The van der Waals surface area contributed by atoms with E-state index in [9.17, 15) is 0 Å². The van der Waals surface area contributed by atoms with Gasteiger partial charge in [-0.15, -0.1) is 0 Å². The highest BCUT2D eigenvalue weighted by molar-refractivity contribution is 8.14. The predicted molar refractivity (Wildman–Crippen MR) is 78.2 cm³/mol. The summed E-state index contributed by atoms with van der Waals surface area (Å²) in [5.41, 5.74) is 5.13. The highest BCUT2D eigenvalue weighted by atomic mass is 32.2. The highest BCUT2D eigenvalue weighted by Crippen LogP contribution is 2.26. The van der Waals surface area contributed by atoms with E-state index in [2.05, 4.69) is 50.1 Å². The first kappa shape index (κ1) is 12.5. The van der Waals surface area contributed by atoms with Gasteiger partial charge in [-0.25, -0.2) is 0 Å². The number of nitrogens with one attached hydrogen (secondary N) is 1. The van der Waals surface area contributed by atoms with E-state index in [0.717, 1.165) is 17.3 Å². The van der Waals surface area contributed by atoms with Crippen LogP contribution in [0.3, 0.4) is 0 Å². The highest BCUT2D eigenvalue weighted by Gasteiger charge is 2.17. The van der Waals surface area contributed by atoms with Crippen LogP contribution >= 0.6 is 11.8 Å². The van der Waals surface area contributed by atoms with Gasteiger partial charge in [0.2, 0.25) is 0 Å². The van der Waals surface area contributed by atoms with Crippen molar-refractivity contribution in [2.24, 2.45) is 4.99 Å². The molecule has 0 radical (unpaired) electrons. The van der Waals surface area contributed by atoms with Gasteiger partial charge in [-0.05, 0) is 38.3 Å². The number of hydrogen-bond acceptors (Lipinski definition) is 3. The fourth-order valence-corrected chi connectivity index (χ4v) is 3.24. The Kier molecular flexibility index (Phi) is 3.77. The molecule has 0 aromatic heterocycles. The molecule has 1 aliphatic heterocycles. The zero-order valence-corrected chi connectivity index (χ0v) is 11.8. The molecule has 0 spiro atoms. The fourth-order valence-electron chi connectivity index (χ4n) is 2.18. The molecule has 0 amide bonds. The molecule has 1 aromatic rings. The van der Waals surface area contributed by atoms with Gasteiger partial charge in [0.1, 0.15) is 0 Å². The van der Waals surface area contributed by atoms with Crippen LogP contribution in [0.1, 0.15) is 30.0 Å². The van der Waals surface area contributed by atoms with Crippen LogP contribution in [0.2, 0.25) is 0 Å². The Labute approximate surface area is 108 Å². The SMILES string of the molecule is CC[C@@H]1CSC(Nc2c(C)cc(C)cc2C)=N1. The number of rotatable bonds is 2. The molecule has 2 rings (SSSR count). The summed E-state index contributed by atoms with van der Waals surface area (Å²) < 4.78 is 0. The second-order valence-electron chi connectivity index (χ2n) is 4.71. The van der Waals surface area contributed by atoms with Crippen LogP contribution in [-0.2, 0) is 0 Å². The Morgan fingerprint density at radius 2 is 1.94 bits per heavy atom. The molecule has 1 heterocycles. The zero-order chi connectivity index (χ0) is 12.4. The molecule has 2 nitrogen and oxygen atoms in total. The maximum Gasteiger partial charge on any atom is 0.161 e. The van der Waals surface area contributed by atoms with E-state index in [1.54, 1.807) is 0 Å². The van der Waals surface area contributed by atoms with Crippen LogP contribution in [0.4, 0.5) is 5.69 Å². The molecule has 1 N–H and O–H groups in total. The third-order valence-corrected chi connectivity index (χ3v) is 4.12. The minimum atomic E-state index is 0.494. The van der Waals surface area contributed by atoms with Crippen molar-refractivity contribution in [2.75, 3.05) is 11.1 Å². The minimum absolute atomic E-state index is 0.494. The van der Waals surface area contributed by atoms with Crippen molar-refractivity contribution >= 4 is 22.6 Å². The number of benzene rings is 1. The predicted octanol–water partition coefficient (Wildman–Crippen LogP) is 3.91. The van der Waals surface area contributed by atoms with Gasteiger partial charge in [-0.1, -0.05) is 36.4 Å².